The lowest BCUT2D eigenvalue weighted by Gasteiger charge is -2.41. The molecule has 2 aliphatic heterocycles. The molecule has 142 valence electrons. The quantitative estimate of drug-likeness (QED) is 0.606. The number of anilines is 1. The van der Waals surface area contributed by atoms with Gasteiger partial charge in [-0.15, -0.1) is 0 Å². The van der Waals surface area contributed by atoms with Crippen LogP contribution >= 0.6 is 0 Å². The smallest absolute Gasteiger partial charge is 0.327 e. The highest BCUT2D eigenvalue weighted by Crippen LogP contribution is 2.36. The molecule has 26 heavy (non-hydrogen) atoms. The van der Waals surface area contributed by atoms with E-state index < -0.39 is 22.6 Å². The van der Waals surface area contributed by atoms with E-state index in [1.165, 1.54) is 18.0 Å². The molecular formula is C16H20FN4O4S-. The summed E-state index contributed by atoms with van der Waals surface area (Å²) < 4.78 is 37.4. The molecule has 2 fully saturated rings. The topological polar surface area (TPSA) is 96.0 Å². The first-order valence-corrected chi connectivity index (χ1v) is 9.26. The molecule has 0 bridgehead atoms. The number of amides is 3. The average molecular weight is 383 g/mol. The molecule has 0 radical (unpaired) electrons. The summed E-state index contributed by atoms with van der Waals surface area (Å²) >= 11 is -2.45. The number of nitrogens with one attached hydrogen (secondary N) is 1. The molecule has 0 aliphatic carbocycles. The highest BCUT2D eigenvalue weighted by Gasteiger charge is 2.55. The normalized spacial score (nSPS) is 21.0. The molecule has 10 heteroatoms. The van der Waals surface area contributed by atoms with Crippen LogP contribution in [-0.4, -0.2) is 63.2 Å². The number of rotatable bonds is 4. The van der Waals surface area contributed by atoms with Crippen molar-refractivity contribution < 1.29 is 22.7 Å². The number of hydrogen-bond acceptors (Lipinski definition) is 5. The van der Waals surface area contributed by atoms with Crippen LogP contribution < -0.4 is 9.62 Å². The third-order valence-electron chi connectivity index (χ3n) is 5.29. The maximum atomic E-state index is 14.2. The number of carbonyl (C=O) groups is 2. The number of hydrogen-bond donors (Lipinski definition) is 1. The third kappa shape index (κ3) is 3.08. The van der Waals surface area contributed by atoms with E-state index in [1.807, 2.05) is 4.90 Å². The van der Waals surface area contributed by atoms with Gasteiger partial charge in [-0.3, -0.25) is 13.9 Å². The molecule has 1 atom stereocenters. The van der Waals surface area contributed by atoms with Gasteiger partial charge in [-0.25, -0.2) is 13.9 Å². The molecule has 2 aliphatic rings. The Labute approximate surface area is 153 Å². The molecule has 1 spiro atoms. The van der Waals surface area contributed by atoms with Gasteiger partial charge in [-0.1, -0.05) is 6.07 Å². The number of halogens is 1. The number of benzene rings is 1. The maximum absolute atomic E-state index is 14.2. The van der Waals surface area contributed by atoms with Gasteiger partial charge >= 0.3 is 6.03 Å². The molecule has 3 amide bonds. The van der Waals surface area contributed by atoms with E-state index >= 15 is 0 Å². The zero-order valence-electron chi connectivity index (χ0n) is 14.5. The van der Waals surface area contributed by atoms with Crippen molar-refractivity contribution in [1.82, 2.24) is 14.5 Å². The fraction of sp³-hybridized carbons (Fsp3) is 0.500. The molecule has 3 rings (SSSR count). The first-order valence-electron chi connectivity index (χ1n) is 8.18. The zero-order valence-corrected chi connectivity index (χ0v) is 15.3. The van der Waals surface area contributed by atoms with Crippen molar-refractivity contribution in [2.45, 2.75) is 24.9 Å². The lowest BCUT2D eigenvalue weighted by Crippen LogP contribution is -2.55. The standard InChI is InChI=1S/C16H21FN4O4S/c1-19-14(22)16(20(2)15(19)23)5-7-21(8-6-16)12-4-3-11(13(17)9-12)10-18-26(24)25/h3-4,9,18H,5-8,10H2,1-2H3,(H,24,25)/p-1. The van der Waals surface area contributed by atoms with Crippen molar-refractivity contribution in [3.05, 3.63) is 29.6 Å². The molecule has 2 heterocycles. The Morgan fingerprint density at radius 3 is 2.42 bits per heavy atom. The Hall–Kier alpha value is -2.04. The van der Waals surface area contributed by atoms with E-state index in [2.05, 4.69) is 4.72 Å². The Morgan fingerprint density at radius 2 is 1.92 bits per heavy atom. The molecule has 1 unspecified atom stereocenters. The second-order valence-electron chi connectivity index (χ2n) is 6.56. The van der Waals surface area contributed by atoms with Gasteiger partial charge in [0, 0.05) is 56.2 Å². The summed E-state index contributed by atoms with van der Waals surface area (Å²) in [6.07, 6.45) is 0.941. The summed E-state index contributed by atoms with van der Waals surface area (Å²) in [5.41, 5.74) is 0.101. The maximum Gasteiger partial charge on any atom is 0.327 e. The average Bonchev–Trinajstić information content (AvgIpc) is 2.77. The fourth-order valence-corrected chi connectivity index (χ4v) is 3.92. The minimum atomic E-state index is -2.45. The molecule has 0 saturated carbocycles. The Balaban J connectivity index is 1.71. The number of nitrogens with zero attached hydrogens (tertiary/aromatic N) is 3. The SMILES string of the molecule is CN1C(=O)N(C)C2(CCN(c3ccc(CNS(=O)[O-])c(F)c3)CC2)C1=O. The number of likely N-dealkylation sites (N-methyl/N-ethyl adjacent to an activating group) is 2. The molecule has 1 aromatic rings. The van der Waals surface area contributed by atoms with Gasteiger partial charge in [0.2, 0.25) is 0 Å². The predicted molar refractivity (Wildman–Crippen MR) is 92.3 cm³/mol. The highest BCUT2D eigenvalue weighted by atomic mass is 32.2. The lowest BCUT2D eigenvalue weighted by atomic mass is 9.86. The van der Waals surface area contributed by atoms with E-state index in [-0.39, 0.29) is 24.0 Å². The number of imide groups is 1. The Kier molecular flexibility index (Phi) is 5.00. The van der Waals surface area contributed by atoms with E-state index in [9.17, 15) is 22.7 Å². The third-order valence-corrected chi connectivity index (χ3v) is 5.67. The van der Waals surface area contributed by atoms with Crippen molar-refractivity contribution in [3.63, 3.8) is 0 Å². The number of carbonyl (C=O) groups excluding carboxylic acids is 2. The Morgan fingerprint density at radius 1 is 1.27 bits per heavy atom. The second kappa shape index (κ2) is 6.93. The summed E-state index contributed by atoms with van der Waals surface area (Å²) in [5.74, 6) is -0.687. The van der Waals surface area contributed by atoms with Crippen LogP contribution in [0.1, 0.15) is 18.4 Å². The van der Waals surface area contributed by atoms with E-state index in [4.69, 9.17) is 0 Å². The van der Waals surface area contributed by atoms with Crippen LogP contribution in [0.25, 0.3) is 0 Å². The van der Waals surface area contributed by atoms with Gasteiger partial charge in [-0.05, 0) is 25.0 Å². The summed E-state index contributed by atoms with van der Waals surface area (Å²) in [5, 5.41) is 0. The van der Waals surface area contributed by atoms with Crippen LogP contribution in [0, 0.1) is 5.82 Å². The first-order chi connectivity index (χ1) is 12.3. The van der Waals surface area contributed by atoms with Crippen molar-refractivity contribution in [3.8, 4) is 0 Å². The van der Waals surface area contributed by atoms with Crippen molar-refractivity contribution in [2.75, 3.05) is 32.1 Å². The minimum absolute atomic E-state index is 0.112. The monoisotopic (exact) mass is 383 g/mol. The van der Waals surface area contributed by atoms with Crippen LogP contribution in [0.2, 0.25) is 0 Å². The predicted octanol–water partition coefficient (Wildman–Crippen LogP) is 0.572. The minimum Gasteiger partial charge on any atom is -0.760 e. The van der Waals surface area contributed by atoms with Gasteiger partial charge in [0.1, 0.15) is 11.4 Å². The number of piperidine rings is 1. The van der Waals surface area contributed by atoms with E-state index in [1.54, 1.807) is 19.2 Å². The summed E-state index contributed by atoms with van der Waals surface area (Å²) in [4.78, 5) is 29.2. The molecule has 0 aromatic heterocycles. The highest BCUT2D eigenvalue weighted by molar-refractivity contribution is 7.77. The van der Waals surface area contributed by atoms with E-state index in [0.29, 0.717) is 31.6 Å². The molecule has 2 saturated heterocycles. The molecular weight excluding hydrogens is 363 g/mol. The second-order valence-corrected chi connectivity index (χ2v) is 7.31. The first kappa shape index (κ1) is 18.7. The summed E-state index contributed by atoms with van der Waals surface area (Å²) in [6, 6.07) is 4.32. The zero-order chi connectivity index (χ0) is 19.1. The van der Waals surface area contributed by atoms with Gasteiger partial charge < -0.3 is 14.4 Å². The summed E-state index contributed by atoms with van der Waals surface area (Å²) in [7, 11) is 3.13. The van der Waals surface area contributed by atoms with Gasteiger partial charge in [0.05, 0.1) is 0 Å². The lowest BCUT2D eigenvalue weighted by molar-refractivity contribution is -0.133. The van der Waals surface area contributed by atoms with Crippen LogP contribution in [0.5, 0.6) is 0 Å². The molecule has 1 aromatic carbocycles. The van der Waals surface area contributed by atoms with Gasteiger partial charge in [0.15, 0.2) is 0 Å². The molecule has 8 nitrogen and oxygen atoms in total. The fourth-order valence-electron chi connectivity index (χ4n) is 3.65. The van der Waals surface area contributed by atoms with Crippen LogP contribution in [-0.2, 0) is 22.6 Å². The Bertz CT molecular complexity index is 767. The van der Waals surface area contributed by atoms with Crippen LogP contribution in [0.15, 0.2) is 18.2 Å². The van der Waals surface area contributed by atoms with Crippen LogP contribution in [0.3, 0.4) is 0 Å². The largest absolute Gasteiger partial charge is 0.760 e. The van der Waals surface area contributed by atoms with E-state index in [0.717, 1.165) is 4.90 Å². The van der Waals surface area contributed by atoms with Gasteiger partial charge in [0.25, 0.3) is 5.91 Å². The van der Waals surface area contributed by atoms with Crippen molar-refractivity contribution >= 4 is 28.9 Å². The summed E-state index contributed by atoms with van der Waals surface area (Å²) in [6.45, 7) is 0.913. The number of urea groups is 1. The van der Waals surface area contributed by atoms with Crippen LogP contribution in [0.4, 0.5) is 14.9 Å². The van der Waals surface area contributed by atoms with Crippen molar-refractivity contribution in [1.29, 1.82) is 0 Å². The van der Waals surface area contributed by atoms with Crippen molar-refractivity contribution in [2.24, 2.45) is 0 Å². The molecule has 1 N–H and O–H groups in total. The van der Waals surface area contributed by atoms with Gasteiger partial charge in [-0.2, -0.15) is 0 Å².